The molecule has 0 heterocycles. The van der Waals surface area contributed by atoms with Crippen molar-refractivity contribution in [2.45, 2.75) is 152 Å². The van der Waals surface area contributed by atoms with Gasteiger partial charge in [-0.1, -0.05) is 77.7 Å². The number of ether oxygens (including phenoxy) is 1. The Hall–Kier alpha value is -1.05. The van der Waals surface area contributed by atoms with Crippen LogP contribution in [0.1, 0.15) is 146 Å². The van der Waals surface area contributed by atoms with Crippen LogP contribution in [0.3, 0.4) is 0 Å². The molecule has 0 spiro atoms. The first-order valence-corrected chi connectivity index (χ1v) is 15.9. The zero-order valence-corrected chi connectivity index (χ0v) is 25.9. The molecule has 2 saturated carbocycles. The van der Waals surface area contributed by atoms with Gasteiger partial charge in [0.25, 0.3) is 0 Å². The largest absolute Gasteiger partial charge is 0.462 e. The summed E-state index contributed by atoms with van der Waals surface area (Å²) in [4.78, 5) is 12.6. The van der Waals surface area contributed by atoms with Crippen LogP contribution in [0.2, 0.25) is 0 Å². The number of carbonyl (C=O) groups excluding carboxylic acids is 1. The number of fused-ring (bicyclic) bond motifs is 4. The lowest BCUT2D eigenvalue weighted by molar-refractivity contribution is -0.169. The lowest BCUT2D eigenvalue weighted by Crippen LogP contribution is -2.55. The topological polar surface area (TPSA) is 26.3 Å². The van der Waals surface area contributed by atoms with E-state index in [0.717, 1.165) is 31.1 Å². The van der Waals surface area contributed by atoms with Gasteiger partial charge in [0.2, 0.25) is 0 Å². The molecule has 0 N–H and O–H groups in total. The van der Waals surface area contributed by atoms with Crippen molar-refractivity contribution in [3.05, 3.63) is 22.8 Å². The number of rotatable bonds is 8. The maximum atomic E-state index is 12.6. The number of unbranched alkanes of at least 4 members (excludes halogenated alkanes) is 1. The minimum absolute atomic E-state index is 0.0240. The Morgan fingerprint density at radius 3 is 2.41 bits per heavy atom. The minimum Gasteiger partial charge on any atom is -0.462 e. The van der Waals surface area contributed by atoms with Crippen molar-refractivity contribution >= 4 is 5.97 Å². The van der Waals surface area contributed by atoms with Crippen LogP contribution in [0, 0.1) is 39.4 Å². The molecule has 7 atom stereocenters. The van der Waals surface area contributed by atoms with Crippen LogP contribution in [-0.2, 0) is 9.53 Å². The Morgan fingerprint density at radius 2 is 1.73 bits per heavy atom. The number of hydrogen-bond donors (Lipinski definition) is 0. The molecule has 0 radical (unpaired) electrons. The second kappa shape index (κ2) is 10.5. The maximum Gasteiger partial charge on any atom is 0.306 e. The van der Waals surface area contributed by atoms with Gasteiger partial charge < -0.3 is 4.74 Å². The second-order valence-corrected chi connectivity index (χ2v) is 15.1. The van der Waals surface area contributed by atoms with Crippen molar-refractivity contribution in [2.24, 2.45) is 39.4 Å². The van der Waals surface area contributed by atoms with E-state index < -0.39 is 0 Å². The summed E-state index contributed by atoms with van der Waals surface area (Å²) in [6.07, 6.45) is 17.8. The Labute approximate surface area is 229 Å². The molecule has 0 aromatic heterocycles. The molecule has 4 rings (SSSR count). The molecule has 0 aromatic rings. The summed E-state index contributed by atoms with van der Waals surface area (Å²) in [5.41, 5.74) is 6.26. The summed E-state index contributed by atoms with van der Waals surface area (Å²) in [5, 5.41) is 0. The molecule has 0 unspecified atom stereocenters. The number of allylic oxidation sites excluding steroid dienone is 4. The number of hydrogen-bond acceptors (Lipinski definition) is 2. The van der Waals surface area contributed by atoms with Crippen molar-refractivity contribution < 1.29 is 9.53 Å². The van der Waals surface area contributed by atoms with Crippen LogP contribution in [-0.4, -0.2) is 12.1 Å². The smallest absolute Gasteiger partial charge is 0.306 e. The lowest BCUT2D eigenvalue weighted by Gasteiger charge is -2.62. The highest BCUT2D eigenvalue weighted by atomic mass is 16.5. The highest BCUT2D eigenvalue weighted by Crippen LogP contribution is 2.72. The maximum absolute atomic E-state index is 12.6. The molecule has 2 fully saturated rings. The van der Waals surface area contributed by atoms with Crippen LogP contribution < -0.4 is 0 Å². The molecule has 0 bridgehead atoms. The van der Waals surface area contributed by atoms with E-state index in [1.807, 2.05) is 11.1 Å². The van der Waals surface area contributed by atoms with E-state index in [1.54, 1.807) is 0 Å². The minimum atomic E-state index is 0.0240. The predicted molar refractivity (Wildman–Crippen MR) is 156 cm³/mol. The van der Waals surface area contributed by atoms with Gasteiger partial charge in [-0.15, -0.1) is 0 Å². The van der Waals surface area contributed by atoms with Gasteiger partial charge in [-0.2, -0.15) is 0 Å². The fraction of sp³-hybridized carbons (Fsp3) is 0.857. The molecular formula is C35H58O2. The highest BCUT2D eigenvalue weighted by Gasteiger charge is 2.63. The third-order valence-corrected chi connectivity index (χ3v) is 12.6. The van der Waals surface area contributed by atoms with Crippen LogP contribution >= 0.6 is 0 Å². The zero-order valence-electron chi connectivity index (χ0n) is 25.9. The fourth-order valence-electron chi connectivity index (χ4n) is 10.2. The highest BCUT2D eigenvalue weighted by molar-refractivity contribution is 5.69. The lowest BCUT2D eigenvalue weighted by atomic mass is 9.43. The van der Waals surface area contributed by atoms with Crippen molar-refractivity contribution in [3.63, 3.8) is 0 Å². The first-order valence-electron chi connectivity index (χ1n) is 15.9. The summed E-state index contributed by atoms with van der Waals surface area (Å²) in [6, 6.07) is 0. The molecule has 210 valence electrons. The van der Waals surface area contributed by atoms with E-state index in [0.29, 0.717) is 23.2 Å². The van der Waals surface area contributed by atoms with Gasteiger partial charge in [0, 0.05) is 11.8 Å². The Morgan fingerprint density at radius 1 is 1.00 bits per heavy atom. The third-order valence-electron chi connectivity index (χ3n) is 12.6. The summed E-state index contributed by atoms with van der Waals surface area (Å²) < 4.78 is 6.17. The first-order chi connectivity index (χ1) is 17.3. The van der Waals surface area contributed by atoms with Gasteiger partial charge in [-0.05, 0) is 118 Å². The van der Waals surface area contributed by atoms with E-state index in [9.17, 15) is 4.79 Å². The average Bonchev–Trinajstić information content (AvgIpc) is 3.10. The van der Waals surface area contributed by atoms with Crippen molar-refractivity contribution in [3.8, 4) is 0 Å². The molecule has 4 aliphatic carbocycles. The van der Waals surface area contributed by atoms with E-state index in [2.05, 4.69) is 68.4 Å². The molecule has 4 aliphatic rings. The average molecular weight is 511 g/mol. The molecular weight excluding hydrogens is 452 g/mol. The Kier molecular flexibility index (Phi) is 8.21. The van der Waals surface area contributed by atoms with Crippen molar-refractivity contribution in [1.82, 2.24) is 0 Å². The van der Waals surface area contributed by atoms with Gasteiger partial charge in [-0.3, -0.25) is 4.79 Å². The summed E-state index contributed by atoms with van der Waals surface area (Å²) in [6.45, 7) is 21.9. The van der Waals surface area contributed by atoms with Gasteiger partial charge >= 0.3 is 5.97 Å². The normalized spacial score (nSPS) is 39.3. The molecule has 37 heavy (non-hydrogen) atoms. The number of carbonyl (C=O) groups is 1. The van der Waals surface area contributed by atoms with Crippen molar-refractivity contribution in [1.29, 1.82) is 0 Å². The summed E-state index contributed by atoms with van der Waals surface area (Å²) in [5.74, 6) is 2.27. The van der Waals surface area contributed by atoms with E-state index in [4.69, 9.17) is 4.74 Å². The van der Waals surface area contributed by atoms with Crippen LogP contribution in [0.4, 0.5) is 0 Å². The Bertz CT molecular complexity index is 920. The zero-order chi connectivity index (χ0) is 27.2. The van der Waals surface area contributed by atoms with E-state index in [1.165, 1.54) is 63.4 Å². The van der Waals surface area contributed by atoms with Crippen LogP contribution in [0.25, 0.3) is 0 Å². The summed E-state index contributed by atoms with van der Waals surface area (Å²) >= 11 is 0. The summed E-state index contributed by atoms with van der Waals surface area (Å²) in [7, 11) is 0. The molecule has 0 amide bonds. The third kappa shape index (κ3) is 4.80. The standard InChI is InChI=1S/C35H58O2/c1-10-11-15-31(36)37-30-20-21-33(7)27-19-23-34(8)26(25(4)14-12-13-24(2)3)18-22-35(34,9)28(27)16-17-29(33)32(30,5)6/h13,25-26,29-30H,10-12,14-23H2,1-9H3/t25-,26-,29+,30+,33-,34-,35+/m1/s1. The Balaban J connectivity index is 1.57. The predicted octanol–water partition coefficient (Wildman–Crippen LogP) is 10.2. The SMILES string of the molecule is CCCCC(=O)O[C@H]1CC[C@]2(C)C3=C(CC[C@H]2C1(C)C)[C@]1(C)CC[C@H]([C@H](C)CCC=C(C)C)[C@@]1(C)CC3. The first kappa shape index (κ1) is 28.9. The van der Waals surface area contributed by atoms with Crippen molar-refractivity contribution in [2.75, 3.05) is 0 Å². The monoisotopic (exact) mass is 510 g/mol. The second-order valence-electron chi connectivity index (χ2n) is 15.1. The van der Waals surface area contributed by atoms with E-state index in [-0.39, 0.29) is 22.9 Å². The molecule has 0 saturated heterocycles. The van der Waals surface area contributed by atoms with Gasteiger partial charge in [-0.25, -0.2) is 0 Å². The molecule has 0 aromatic carbocycles. The molecule has 2 nitrogen and oxygen atoms in total. The van der Waals surface area contributed by atoms with Gasteiger partial charge in [0.15, 0.2) is 0 Å². The molecule has 0 aliphatic heterocycles. The van der Waals surface area contributed by atoms with Crippen LogP contribution in [0.15, 0.2) is 22.8 Å². The fourth-order valence-corrected chi connectivity index (χ4v) is 10.2. The van der Waals surface area contributed by atoms with Crippen LogP contribution in [0.5, 0.6) is 0 Å². The van der Waals surface area contributed by atoms with Gasteiger partial charge in [0.05, 0.1) is 0 Å². The van der Waals surface area contributed by atoms with E-state index >= 15 is 0 Å². The number of esters is 1. The molecule has 2 heteroatoms. The quantitative estimate of drug-likeness (QED) is 0.240. The van der Waals surface area contributed by atoms with Gasteiger partial charge in [0.1, 0.15) is 6.10 Å².